The molecule has 2 N–H and O–H groups in total. The number of halogens is 1. The highest BCUT2D eigenvalue weighted by Gasteiger charge is 2.32. The molecule has 0 unspecified atom stereocenters. The Morgan fingerprint density at radius 3 is 2.69 bits per heavy atom. The van der Waals surface area contributed by atoms with Crippen LogP contribution < -0.4 is 20.1 Å². The van der Waals surface area contributed by atoms with Crippen LogP contribution in [0.5, 0.6) is 11.5 Å². The molecular formula is C24H23BrN2O5. The molecule has 2 aromatic rings. The molecule has 0 atom stereocenters. The minimum atomic E-state index is -0.463. The highest BCUT2D eigenvalue weighted by atomic mass is 79.9. The van der Waals surface area contributed by atoms with Gasteiger partial charge in [-0.05, 0) is 55.2 Å². The summed E-state index contributed by atoms with van der Waals surface area (Å²) < 4.78 is 12.1. The molecule has 2 amide bonds. The van der Waals surface area contributed by atoms with Crippen molar-refractivity contribution in [1.29, 1.82) is 0 Å². The molecule has 2 aromatic carbocycles. The number of nitrogens with one attached hydrogen (secondary N) is 2. The minimum absolute atomic E-state index is 0.0209. The van der Waals surface area contributed by atoms with Crippen LogP contribution in [0, 0.1) is 5.92 Å². The van der Waals surface area contributed by atoms with E-state index in [4.69, 9.17) is 9.47 Å². The van der Waals surface area contributed by atoms with E-state index in [1.54, 1.807) is 36.5 Å². The van der Waals surface area contributed by atoms with Gasteiger partial charge < -0.3 is 14.8 Å². The first-order valence-corrected chi connectivity index (χ1v) is 11.3. The second-order valence-corrected chi connectivity index (χ2v) is 8.65. The molecule has 2 aliphatic rings. The first kappa shape index (κ1) is 22.1. The van der Waals surface area contributed by atoms with E-state index in [2.05, 4.69) is 26.6 Å². The van der Waals surface area contributed by atoms with Gasteiger partial charge in [-0.1, -0.05) is 28.9 Å². The molecule has 0 saturated heterocycles. The zero-order valence-electron chi connectivity index (χ0n) is 17.6. The Hall–Kier alpha value is -3.13. The van der Waals surface area contributed by atoms with E-state index in [1.807, 2.05) is 13.0 Å². The summed E-state index contributed by atoms with van der Waals surface area (Å²) in [4.78, 5) is 36.6. The molecule has 1 aliphatic carbocycles. The molecule has 1 fully saturated rings. The third-order valence-electron chi connectivity index (χ3n) is 5.13. The fourth-order valence-electron chi connectivity index (χ4n) is 3.30. The van der Waals surface area contributed by atoms with Gasteiger partial charge in [0, 0.05) is 28.3 Å². The molecule has 7 nitrogen and oxygen atoms in total. The van der Waals surface area contributed by atoms with Gasteiger partial charge in [-0.3, -0.25) is 19.7 Å². The molecule has 8 heteroatoms. The summed E-state index contributed by atoms with van der Waals surface area (Å²) in [5.74, 6) is -0.198. The standard InChI is InChI=1S/C24H23BrN2O5/c1-2-9-31-20-8-3-14(10-21(20)32-24(30)15-4-5-15)12-26-13-19-18-11-16(25)6-7-17(18)22(28)27-23(19)29/h3,6-8,10-11,13,15,26H,2,4-5,9,12H2,1H3,(H,27,28,29). The van der Waals surface area contributed by atoms with E-state index in [9.17, 15) is 14.4 Å². The van der Waals surface area contributed by atoms with E-state index in [1.165, 1.54) is 0 Å². The summed E-state index contributed by atoms with van der Waals surface area (Å²) in [6.45, 7) is 2.92. The summed E-state index contributed by atoms with van der Waals surface area (Å²) in [6.07, 6.45) is 4.15. The number of fused-ring (bicyclic) bond motifs is 1. The highest BCUT2D eigenvalue weighted by molar-refractivity contribution is 9.10. The Balaban J connectivity index is 1.52. The number of imide groups is 1. The Morgan fingerprint density at radius 2 is 1.94 bits per heavy atom. The fourth-order valence-corrected chi connectivity index (χ4v) is 3.66. The van der Waals surface area contributed by atoms with Crippen molar-refractivity contribution in [1.82, 2.24) is 10.6 Å². The van der Waals surface area contributed by atoms with Crippen LogP contribution >= 0.6 is 15.9 Å². The maximum atomic E-state index is 12.4. The van der Waals surface area contributed by atoms with Gasteiger partial charge in [-0.25, -0.2) is 0 Å². The molecule has 1 heterocycles. The smallest absolute Gasteiger partial charge is 0.314 e. The van der Waals surface area contributed by atoms with Gasteiger partial charge in [0.25, 0.3) is 11.8 Å². The topological polar surface area (TPSA) is 93.7 Å². The van der Waals surface area contributed by atoms with Crippen molar-refractivity contribution in [3.05, 3.63) is 63.8 Å². The van der Waals surface area contributed by atoms with E-state index in [0.29, 0.717) is 41.4 Å². The summed E-state index contributed by atoms with van der Waals surface area (Å²) in [7, 11) is 0. The van der Waals surface area contributed by atoms with Crippen LogP contribution in [0.1, 0.15) is 47.7 Å². The molecule has 0 bridgehead atoms. The van der Waals surface area contributed by atoms with E-state index in [0.717, 1.165) is 29.3 Å². The quantitative estimate of drug-likeness (QED) is 0.247. The number of rotatable bonds is 8. The maximum Gasteiger partial charge on any atom is 0.314 e. The minimum Gasteiger partial charge on any atom is -0.490 e. The van der Waals surface area contributed by atoms with Crippen LogP contribution in [-0.4, -0.2) is 24.4 Å². The highest BCUT2D eigenvalue weighted by Crippen LogP contribution is 2.34. The SMILES string of the molecule is CCCOc1ccc(CNC=C2C(=O)NC(=O)c3ccc(Br)cc32)cc1OC(=O)C1CC1. The Labute approximate surface area is 194 Å². The zero-order chi connectivity index (χ0) is 22.7. The third-order valence-corrected chi connectivity index (χ3v) is 5.62. The Morgan fingerprint density at radius 1 is 1.12 bits per heavy atom. The van der Waals surface area contributed by atoms with Gasteiger partial charge in [0.05, 0.1) is 18.1 Å². The average Bonchev–Trinajstić information content (AvgIpc) is 3.61. The number of ether oxygens (including phenoxy) is 2. The number of hydrogen-bond donors (Lipinski definition) is 2. The van der Waals surface area contributed by atoms with Crippen molar-refractivity contribution < 1.29 is 23.9 Å². The monoisotopic (exact) mass is 498 g/mol. The molecule has 0 radical (unpaired) electrons. The van der Waals surface area contributed by atoms with Crippen LogP contribution in [0.2, 0.25) is 0 Å². The molecule has 32 heavy (non-hydrogen) atoms. The van der Waals surface area contributed by atoms with Crippen LogP contribution in [0.3, 0.4) is 0 Å². The second-order valence-electron chi connectivity index (χ2n) is 7.74. The number of esters is 1. The predicted molar refractivity (Wildman–Crippen MR) is 122 cm³/mol. The summed E-state index contributed by atoms with van der Waals surface area (Å²) in [5.41, 5.74) is 2.21. The van der Waals surface area contributed by atoms with Crippen molar-refractivity contribution in [2.24, 2.45) is 5.92 Å². The largest absolute Gasteiger partial charge is 0.490 e. The van der Waals surface area contributed by atoms with Crippen LogP contribution in [0.15, 0.2) is 47.1 Å². The molecule has 1 aliphatic heterocycles. The van der Waals surface area contributed by atoms with Crippen LogP contribution in [-0.2, 0) is 16.1 Å². The first-order chi connectivity index (χ1) is 15.5. The van der Waals surface area contributed by atoms with Crippen LogP contribution in [0.25, 0.3) is 5.57 Å². The summed E-state index contributed by atoms with van der Waals surface area (Å²) >= 11 is 3.39. The summed E-state index contributed by atoms with van der Waals surface area (Å²) in [5, 5.41) is 5.48. The van der Waals surface area contributed by atoms with E-state index >= 15 is 0 Å². The molecule has 0 aromatic heterocycles. The van der Waals surface area contributed by atoms with Crippen LogP contribution in [0.4, 0.5) is 0 Å². The van der Waals surface area contributed by atoms with Gasteiger partial charge in [-0.2, -0.15) is 0 Å². The van der Waals surface area contributed by atoms with Crippen molar-refractivity contribution in [3.8, 4) is 11.5 Å². The fraction of sp³-hybridized carbons (Fsp3) is 0.292. The lowest BCUT2D eigenvalue weighted by Gasteiger charge is -2.18. The van der Waals surface area contributed by atoms with E-state index < -0.39 is 11.8 Å². The summed E-state index contributed by atoms with van der Waals surface area (Å²) in [6, 6.07) is 10.6. The van der Waals surface area contributed by atoms with Gasteiger partial charge >= 0.3 is 5.97 Å². The molecule has 166 valence electrons. The second kappa shape index (κ2) is 9.56. The Kier molecular flexibility index (Phi) is 6.60. The van der Waals surface area contributed by atoms with Crippen molar-refractivity contribution in [2.75, 3.05) is 6.61 Å². The van der Waals surface area contributed by atoms with Gasteiger partial charge in [0.2, 0.25) is 0 Å². The zero-order valence-corrected chi connectivity index (χ0v) is 19.2. The molecule has 0 spiro atoms. The number of benzene rings is 2. The predicted octanol–water partition coefficient (Wildman–Crippen LogP) is 3.95. The van der Waals surface area contributed by atoms with Crippen molar-refractivity contribution >= 4 is 39.3 Å². The lowest BCUT2D eigenvalue weighted by Crippen LogP contribution is -2.37. The Bertz CT molecular complexity index is 1110. The number of amides is 2. The maximum absolute atomic E-state index is 12.4. The normalized spacial score (nSPS) is 16.4. The number of carbonyl (C=O) groups excluding carboxylic acids is 3. The first-order valence-electron chi connectivity index (χ1n) is 10.5. The number of carbonyl (C=O) groups is 3. The van der Waals surface area contributed by atoms with Gasteiger partial charge in [-0.15, -0.1) is 0 Å². The van der Waals surface area contributed by atoms with E-state index in [-0.39, 0.29) is 11.9 Å². The number of hydrogen-bond acceptors (Lipinski definition) is 6. The van der Waals surface area contributed by atoms with Crippen molar-refractivity contribution in [3.63, 3.8) is 0 Å². The molecular weight excluding hydrogens is 476 g/mol. The lowest BCUT2D eigenvalue weighted by molar-refractivity contribution is -0.135. The van der Waals surface area contributed by atoms with Crippen molar-refractivity contribution in [2.45, 2.75) is 32.7 Å². The van der Waals surface area contributed by atoms with Gasteiger partial charge in [0.1, 0.15) is 0 Å². The lowest BCUT2D eigenvalue weighted by atomic mass is 9.95. The van der Waals surface area contributed by atoms with Gasteiger partial charge in [0.15, 0.2) is 11.5 Å². The molecule has 1 saturated carbocycles. The third kappa shape index (κ3) is 5.02. The molecule has 4 rings (SSSR count). The average molecular weight is 499 g/mol.